The summed E-state index contributed by atoms with van der Waals surface area (Å²) in [5.74, 6) is 0.397. The molecule has 1 aromatic carbocycles. The molecular formula is C18H25NO3S. The van der Waals surface area contributed by atoms with Crippen LogP contribution in [0.2, 0.25) is 0 Å². The first-order valence-corrected chi connectivity index (χ1v) is 9.42. The van der Waals surface area contributed by atoms with E-state index in [0.29, 0.717) is 6.54 Å². The van der Waals surface area contributed by atoms with Crippen molar-refractivity contribution in [3.8, 4) is 0 Å². The van der Waals surface area contributed by atoms with Crippen molar-refractivity contribution in [1.82, 2.24) is 5.32 Å². The fourth-order valence-corrected chi connectivity index (χ4v) is 4.06. The molecule has 1 atom stereocenters. The minimum absolute atomic E-state index is 0.0736. The van der Waals surface area contributed by atoms with E-state index >= 15 is 0 Å². The van der Waals surface area contributed by atoms with Gasteiger partial charge in [-0.1, -0.05) is 43.5 Å². The topological polar surface area (TPSA) is 66.4 Å². The number of carbonyl (C=O) groups excluding carboxylic acids is 1. The van der Waals surface area contributed by atoms with E-state index in [1.165, 1.54) is 5.56 Å². The Balaban J connectivity index is 1.63. The van der Waals surface area contributed by atoms with E-state index in [0.717, 1.165) is 49.8 Å². The van der Waals surface area contributed by atoms with Crippen LogP contribution < -0.4 is 5.32 Å². The molecule has 0 fully saturated rings. The van der Waals surface area contributed by atoms with E-state index in [-0.39, 0.29) is 17.6 Å². The van der Waals surface area contributed by atoms with Gasteiger partial charge in [0, 0.05) is 13.0 Å². The second-order valence-corrected chi connectivity index (χ2v) is 7.12. The van der Waals surface area contributed by atoms with Gasteiger partial charge in [0.2, 0.25) is 5.91 Å². The fraction of sp³-hybridized carbons (Fsp3) is 0.556. The fourth-order valence-electron chi connectivity index (χ4n) is 2.85. The summed E-state index contributed by atoms with van der Waals surface area (Å²) in [5, 5.41) is 11.5. The Bertz CT molecular complexity index is 533. The van der Waals surface area contributed by atoms with Crippen LogP contribution in [-0.4, -0.2) is 29.3 Å². The van der Waals surface area contributed by atoms with Crippen molar-refractivity contribution in [2.45, 2.75) is 50.2 Å². The molecule has 23 heavy (non-hydrogen) atoms. The number of amides is 1. The number of aliphatic carboxylic acids is 1. The van der Waals surface area contributed by atoms with Crippen LogP contribution in [0.15, 0.2) is 24.3 Å². The molecule has 126 valence electrons. The lowest BCUT2D eigenvalue weighted by molar-refractivity contribution is -0.137. The van der Waals surface area contributed by atoms with Crippen LogP contribution >= 0.6 is 11.8 Å². The molecular weight excluding hydrogens is 310 g/mol. The maximum absolute atomic E-state index is 12.4. The van der Waals surface area contributed by atoms with Gasteiger partial charge in [-0.2, -0.15) is 0 Å². The maximum Gasteiger partial charge on any atom is 0.303 e. The van der Waals surface area contributed by atoms with Crippen molar-refractivity contribution < 1.29 is 14.7 Å². The number of hydrogen-bond acceptors (Lipinski definition) is 3. The maximum atomic E-state index is 12.4. The molecule has 0 spiro atoms. The highest BCUT2D eigenvalue weighted by Gasteiger charge is 2.26. The number of carboxylic acid groups (broad SMARTS) is 1. The number of rotatable bonds is 9. The van der Waals surface area contributed by atoms with Gasteiger partial charge < -0.3 is 10.4 Å². The van der Waals surface area contributed by atoms with E-state index in [2.05, 4.69) is 17.4 Å². The Morgan fingerprint density at radius 2 is 1.87 bits per heavy atom. The van der Waals surface area contributed by atoms with Crippen molar-refractivity contribution in [2.75, 3.05) is 12.3 Å². The molecule has 0 radical (unpaired) electrons. The summed E-state index contributed by atoms with van der Waals surface area (Å²) in [6, 6.07) is 8.22. The smallest absolute Gasteiger partial charge is 0.303 e. The second kappa shape index (κ2) is 9.60. The van der Waals surface area contributed by atoms with E-state index in [9.17, 15) is 9.59 Å². The molecule has 1 heterocycles. The third kappa shape index (κ3) is 5.90. The van der Waals surface area contributed by atoms with Crippen molar-refractivity contribution in [1.29, 1.82) is 0 Å². The van der Waals surface area contributed by atoms with Crippen LogP contribution in [-0.2, 0) is 16.0 Å². The van der Waals surface area contributed by atoms with E-state index in [1.807, 2.05) is 12.1 Å². The van der Waals surface area contributed by atoms with Crippen LogP contribution in [0.4, 0.5) is 0 Å². The van der Waals surface area contributed by atoms with Crippen LogP contribution in [0, 0.1) is 0 Å². The lowest BCUT2D eigenvalue weighted by atomic mass is 10.0. The summed E-state index contributed by atoms with van der Waals surface area (Å²) in [4.78, 5) is 22.8. The highest BCUT2D eigenvalue weighted by atomic mass is 32.2. The van der Waals surface area contributed by atoms with Gasteiger partial charge in [-0.3, -0.25) is 9.59 Å². The molecule has 1 aliphatic rings. The number of fused-ring (bicyclic) bond motifs is 1. The van der Waals surface area contributed by atoms with Crippen LogP contribution in [0.5, 0.6) is 0 Å². The van der Waals surface area contributed by atoms with Crippen molar-refractivity contribution >= 4 is 23.6 Å². The first-order valence-electron chi connectivity index (χ1n) is 8.37. The highest BCUT2D eigenvalue weighted by Crippen LogP contribution is 2.36. The summed E-state index contributed by atoms with van der Waals surface area (Å²) in [5.41, 5.74) is 2.46. The number of aryl methyl sites for hydroxylation is 1. The molecule has 0 saturated heterocycles. The number of unbranched alkanes of at least 4 members (excludes halogenated alkanes) is 4. The zero-order valence-corrected chi connectivity index (χ0v) is 14.2. The normalized spacial score (nSPS) is 16.6. The summed E-state index contributed by atoms with van der Waals surface area (Å²) in [6.45, 7) is 0.705. The standard InChI is InChI=1S/C18H25NO3S/c20-16(21)10-4-2-1-3-7-12-19-18(22)17-15-9-6-5-8-14(15)11-13-23-17/h5-6,8-9,17H,1-4,7,10-13H2,(H,19,22)(H,20,21). The molecule has 1 unspecified atom stereocenters. The van der Waals surface area contributed by atoms with E-state index in [1.54, 1.807) is 11.8 Å². The predicted molar refractivity (Wildman–Crippen MR) is 93.7 cm³/mol. The van der Waals surface area contributed by atoms with Gasteiger partial charge in [0.05, 0.1) is 0 Å². The quantitative estimate of drug-likeness (QED) is 0.677. The number of benzene rings is 1. The van der Waals surface area contributed by atoms with Gasteiger partial charge in [-0.15, -0.1) is 11.8 Å². The molecule has 0 aliphatic carbocycles. The van der Waals surface area contributed by atoms with Crippen molar-refractivity contribution in [3.05, 3.63) is 35.4 Å². The van der Waals surface area contributed by atoms with Gasteiger partial charge in [-0.05, 0) is 36.1 Å². The number of carbonyl (C=O) groups is 2. The molecule has 0 saturated carbocycles. The third-order valence-electron chi connectivity index (χ3n) is 4.10. The zero-order valence-electron chi connectivity index (χ0n) is 13.4. The Morgan fingerprint density at radius 3 is 2.70 bits per heavy atom. The first-order chi connectivity index (χ1) is 11.2. The summed E-state index contributed by atoms with van der Waals surface area (Å²) in [6.07, 6.45) is 6.02. The minimum atomic E-state index is -0.720. The predicted octanol–water partition coefficient (Wildman–Crippen LogP) is 3.56. The van der Waals surface area contributed by atoms with Gasteiger partial charge in [-0.25, -0.2) is 0 Å². The Labute approximate surface area is 142 Å². The van der Waals surface area contributed by atoms with E-state index in [4.69, 9.17) is 5.11 Å². The highest BCUT2D eigenvalue weighted by molar-refractivity contribution is 8.00. The average molecular weight is 335 g/mol. The van der Waals surface area contributed by atoms with Crippen LogP contribution in [0.25, 0.3) is 0 Å². The first kappa shape index (κ1) is 17.9. The van der Waals surface area contributed by atoms with Gasteiger partial charge in [0.25, 0.3) is 0 Å². The third-order valence-corrected chi connectivity index (χ3v) is 5.34. The van der Waals surface area contributed by atoms with Crippen LogP contribution in [0.1, 0.15) is 54.9 Å². The molecule has 0 bridgehead atoms. The number of carboxylic acids is 1. The van der Waals surface area contributed by atoms with Crippen molar-refractivity contribution in [3.63, 3.8) is 0 Å². The molecule has 2 rings (SSSR count). The number of hydrogen-bond donors (Lipinski definition) is 2. The SMILES string of the molecule is O=C(O)CCCCCCCNC(=O)C1SCCc2ccccc21. The summed E-state index contributed by atoms with van der Waals surface area (Å²) in [7, 11) is 0. The molecule has 4 nitrogen and oxygen atoms in total. The van der Waals surface area contributed by atoms with E-state index < -0.39 is 5.97 Å². The average Bonchev–Trinajstić information content (AvgIpc) is 2.56. The Morgan fingerprint density at radius 1 is 1.13 bits per heavy atom. The van der Waals surface area contributed by atoms with Crippen molar-refractivity contribution in [2.24, 2.45) is 0 Å². The monoisotopic (exact) mass is 335 g/mol. The lowest BCUT2D eigenvalue weighted by Gasteiger charge is -2.24. The molecule has 5 heteroatoms. The molecule has 2 N–H and O–H groups in total. The Kier molecular flexibility index (Phi) is 7.46. The molecule has 1 aromatic rings. The number of nitrogens with one attached hydrogen (secondary N) is 1. The molecule has 1 amide bonds. The summed E-state index contributed by atoms with van der Waals surface area (Å²) < 4.78 is 0. The Hall–Kier alpha value is -1.49. The van der Waals surface area contributed by atoms with Crippen LogP contribution in [0.3, 0.4) is 0 Å². The number of thioether (sulfide) groups is 1. The lowest BCUT2D eigenvalue weighted by Crippen LogP contribution is -2.30. The van der Waals surface area contributed by atoms with Gasteiger partial charge in [0.1, 0.15) is 5.25 Å². The largest absolute Gasteiger partial charge is 0.481 e. The zero-order chi connectivity index (χ0) is 16.5. The minimum Gasteiger partial charge on any atom is -0.481 e. The molecule has 0 aromatic heterocycles. The molecule has 1 aliphatic heterocycles. The van der Waals surface area contributed by atoms with Gasteiger partial charge >= 0.3 is 5.97 Å². The second-order valence-electron chi connectivity index (χ2n) is 5.90. The van der Waals surface area contributed by atoms with Gasteiger partial charge in [0.15, 0.2) is 0 Å². The summed E-state index contributed by atoms with van der Waals surface area (Å²) >= 11 is 1.72.